The van der Waals surface area contributed by atoms with Gasteiger partial charge in [0, 0.05) is 24.4 Å². The first kappa shape index (κ1) is 24.1. The van der Waals surface area contributed by atoms with E-state index in [0.717, 1.165) is 5.56 Å². The minimum atomic E-state index is -4.40. The number of ether oxygens (including phenoxy) is 1. The molecule has 2 aromatic rings. The molecule has 2 rings (SSSR count). The molecule has 0 aliphatic heterocycles. The number of carbonyl (C=O) groups excluding carboxylic acids is 1. The molecule has 0 unspecified atom stereocenters. The number of pyridine rings is 1. The van der Waals surface area contributed by atoms with Crippen LogP contribution in [0.2, 0.25) is 0 Å². The Balaban J connectivity index is 1.90. The highest BCUT2D eigenvalue weighted by molar-refractivity contribution is 5.93. The number of nitrogens with zero attached hydrogens (tertiary/aromatic N) is 2. The molecule has 0 aliphatic carbocycles. The number of alkyl halides is 3. The highest BCUT2D eigenvalue weighted by Crippen LogP contribution is 2.19. The average Bonchev–Trinajstić information content (AvgIpc) is 2.75. The molecule has 0 aliphatic rings. The number of benzene rings is 1. The van der Waals surface area contributed by atoms with Crippen LogP contribution in [0.25, 0.3) is 0 Å². The van der Waals surface area contributed by atoms with Crippen molar-refractivity contribution in [3.8, 4) is 5.75 Å². The second kappa shape index (κ2) is 11.3. The van der Waals surface area contributed by atoms with E-state index in [0.29, 0.717) is 17.8 Å². The lowest BCUT2D eigenvalue weighted by Gasteiger charge is -2.21. The lowest BCUT2D eigenvalue weighted by molar-refractivity contribution is -0.153. The topological polar surface area (TPSA) is 54.5 Å². The van der Waals surface area contributed by atoms with E-state index in [2.05, 4.69) is 21.6 Å². The zero-order valence-corrected chi connectivity index (χ0v) is 17.5. The summed E-state index contributed by atoms with van der Waals surface area (Å²) in [6.07, 6.45) is 0.344. The second-order valence-corrected chi connectivity index (χ2v) is 6.93. The monoisotopic (exact) mass is 433 g/mol. The van der Waals surface area contributed by atoms with Gasteiger partial charge in [0.1, 0.15) is 5.75 Å². The van der Waals surface area contributed by atoms with E-state index in [1.165, 1.54) is 12.3 Å². The summed E-state index contributed by atoms with van der Waals surface area (Å²) in [5.74, 6) is -0.165. The molecule has 0 saturated carbocycles. The van der Waals surface area contributed by atoms with E-state index < -0.39 is 12.8 Å². The minimum Gasteiger partial charge on any atom is -0.483 e. The molecule has 0 spiro atoms. The molecule has 166 valence electrons. The first-order valence-corrected chi connectivity index (χ1v) is 9.74. The lowest BCUT2D eigenvalue weighted by atomic mass is 10.1. The van der Waals surface area contributed by atoms with Crippen LogP contribution in [0.15, 0.2) is 73.1 Å². The predicted molar refractivity (Wildman–Crippen MR) is 113 cm³/mol. The molecule has 8 heteroatoms. The predicted octanol–water partition coefficient (Wildman–Crippen LogP) is 4.79. The maximum absolute atomic E-state index is 12.8. The summed E-state index contributed by atoms with van der Waals surface area (Å²) in [5.41, 5.74) is 1.99. The van der Waals surface area contributed by atoms with E-state index in [1.807, 2.05) is 44.2 Å². The van der Waals surface area contributed by atoms with Gasteiger partial charge in [-0.2, -0.15) is 13.2 Å². The second-order valence-electron chi connectivity index (χ2n) is 6.93. The summed E-state index contributed by atoms with van der Waals surface area (Å²) in [4.78, 5) is 18.5. The highest BCUT2D eigenvalue weighted by atomic mass is 19.4. The quantitative estimate of drug-likeness (QED) is 0.548. The van der Waals surface area contributed by atoms with Gasteiger partial charge in [-0.3, -0.25) is 9.78 Å². The summed E-state index contributed by atoms with van der Waals surface area (Å²) in [6, 6.07) is 12.4. The summed E-state index contributed by atoms with van der Waals surface area (Å²) < 4.78 is 41.3. The van der Waals surface area contributed by atoms with E-state index >= 15 is 0 Å². The van der Waals surface area contributed by atoms with Gasteiger partial charge < -0.3 is 15.0 Å². The van der Waals surface area contributed by atoms with Gasteiger partial charge in [-0.25, -0.2) is 0 Å². The number of halogens is 3. The van der Waals surface area contributed by atoms with Crippen LogP contribution in [0.1, 0.15) is 31.1 Å². The van der Waals surface area contributed by atoms with Gasteiger partial charge in [-0.1, -0.05) is 43.0 Å². The maximum atomic E-state index is 12.8. The molecule has 31 heavy (non-hydrogen) atoms. The number of allylic oxidation sites excluding steroid dienone is 1. The standard InChI is InChI=1S/C23H26F3N3O2/c1-4-12-29(15-19-8-6-5-7-9-19)22(30)17(2)13-27-18(3)21-11-10-20(14-28-21)31-16-23(24,25)26/h4-12,14,18,27H,2,13,15-16H2,1,3H3/b12-4-/t18-/m1/s1. The summed E-state index contributed by atoms with van der Waals surface area (Å²) >= 11 is 0. The fourth-order valence-electron chi connectivity index (χ4n) is 2.71. The Morgan fingerprint density at radius 1 is 1.26 bits per heavy atom. The molecular formula is C23H26F3N3O2. The summed E-state index contributed by atoms with van der Waals surface area (Å²) in [6.45, 7) is 6.86. The van der Waals surface area contributed by atoms with Gasteiger partial charge in [0.05, 0.1) is 18.4 Å². The Morgan fingerprint density at radius 2 is 1.97 bits per heavy atom. The first-order valence-electron chi connectivity index (χ1n) is 9.74. The van der Waals surface area contributed by atoms with E-state index in [4.69, 9.17) is 0 Å². The molecule has 1 atom stereocenters. The van der Waals surface area contributed by atoms with Crippen molar-refractivity contribution in [1.82, 2.24) is 15.2 Å². The van der Waals surface area contributed by atoms with Gasteiger partial charge in [0.2, 0.25) is 0 Å². The Morgan fingerprint density at radius 3 is 2.55 bits per heavy atom. The van der Waals surface area contributed by atoms with Crippen molar-refractivity contribution in [2.45, 2.75) is 32.6 Å². The van der Waals surface area contributed by atoms with Crippen LogP contribution in [-0.2, 0) is 11.3 Å². The largest absolute Gasteiger partial charge is 0.483 e. The Kier molecular flexibility index (Phi) is 8.81. The van der Waals surface area contributed by atoms with Gasteiger partial charge >= 0.3 is 6.18 Å². The van der Waals surface area contributed by atoms with E-state index in [1.54, 1.807) is 23.2 Å². The van der Waals surface area contributed by atoms with Crippen LogP contribution in [0.4, 0.5) is 13.2 Å². The first-order chi connectivity index (χ1) is 14.7. The van der Waals surface area contributed by atoms with Crippen molar-refractivity contribution in [3.05, 3.63) is 84.3 Å². The minimum absolute atomic E-state index is 0.0377. The molecule has 0 bridgehead atoms. The molecule has 0 fully saturated rings. The van der Waals surface area contributed by atoms with Crippen molar-refractivity contribution in [2.75, 3.05) is 13.2 Å². The van der Waals surface area contributed by atoms with Crippen molar-refractivity contribution >= 4 is 5.91 Å². The molecule has 1 aromatic carbocycles. The zero-order valence-electron chi connectivity index (χ0n) is 17.5. The smallest absolute Gasteiger partial charge is 0.422 e. The lowest BCUT2D eigenvalue weighted by Crippen LogP contribution is -2.32. The van der Waals surface area contributed by atoms with Crippen LogP contribution >= 0.6 is 0 Å². The van der Waals surface area contributed by atoms with Crippen molar-refractivity contribution < 1.29 is 22.7 Å². The molecule has 1 aromatic heterocycles. The molecular weight excluding hydrogens is 407 g/mol. The fraction of sp³-hybridized carbons (Fsp3) is 0.304. The SMILES string of the molecule is C=C(CN[C@H](C)c1ccc(OCC(F)(F)F)cn1)C(=O)N(/C=C\C)Cc1ccccc1. The molecule has 1 amide bonds. The van der Waals surface area contributed by atoms with Crippen molar-refractivity contribution in [3.63, 3.8) is 0 Å². The Hall–Kier alpha value is -3.13. The number of amides is 1. The molecule has 0 saturated heterocycles. The van der Waals surface area contributed by atoms with Crippen molar-refractivity contribution in [2.24, 2.45) is 0 Å². The average molecular weight is 433 g/mol. The fourth-order valence-corrected chi connectivity index (χ4v) is 2.71. The van der Waals surface area contributed by atoms with Crippen LogP contribution in [-0.4, -0.2) is 35.1 Å². The summed E-state index contributed by atoms with van der Waals surface area (Å²) in [5, 5.41) is 3.16. The number of rotatable bonds is 10. The molecule has 1 N–H and O–H groups in total. The van der Waals surface area contributed by atoms with Crippen LogP contribution in [0.3, 0.4) is 0 Å². The molecule has 0 radical (unpaired) electrons. The summed E-state index contributed by atoms with van der Waals surface area (Å²) in [7, 11) is 0. The van der Waals surface area contributed by atoms with Crippen LogP contribution in [0, 0.1) is 0 Å². The van der Waals surface area contributed by atoms with Gasteiger partial charge in [0.15, 0.2) is 6.61 Å². The van der Waals surface area contributed by atoms with Gasteiger partial charge in [-0.15, -0.1) is 0 Å². The van der Waals surface area contributed by atoms with Crippen LogP contribution < -0.4 is 10.1 Å². The third-order valence-electron chi connectivity index (χ3n) is 4.32. The number of carbonyl (C=O) groups is 1. The maximum Gasteiger partial charge on any atom is 0.422 e. The number of hydrogen-bond acceptors (Lipinski definition) is 4. The van der Waals surface area contributed by atoms with E-state index in [-0.39, 0.29) is 24.2 Å². The number of nitrogens with one attached hydrogen (secondary N) is 1. The third-order valence-corrected chi connectivity index (χ3v) is 4.32. The van der Waals surface area contributed by atoms with Crippen molar-refractivity contribution in [1.29, 1.82) is 0 Å². The Labute approximate surface area is 180 Å². The number of aromatic nitrogens is 1. The normalized spacial score (nSPS) is 12.5. The number of hydrogen-bond donors (Lipinski definition) is 1. The van der Waals surface area contributed by atoms with Crippen LogP contribution in [0.5, 0.6) is 5.75 Å². The molecule has 5 nitrogen and oxygen atoms in total. The van der Waals surface area contributed by atoms with Gasteiger partial charge in [-0.05, 0) is 31.5 Å². The Bertz CT molecular complexity index is 881. The highest BCUT2D eigenvalue weighted by Gasteiger charge is 2.28. The zero-order chi connectivity index (χ0) is 22.9. The molecule has 1 heterocycles. The van der Waals surface area contributed by atoms with E-state index in [9.17, 15) is 18.0 Å². The third kappa shape index (κ3) is 8.25. The van der Waals surface area contributed by atoms with Gasteiger partial charge in [0.25, 0.3) is 5.91 Å².